The van der Waals surface area contributed by atoms with Crippen LogP contribution in [0.15, 0.2) is 36.4 Å². The summed E-state index contributed by atoms with van der Waals surface area (Å²) in [5.41, 5.74) is 1.28. The van der Waals surface area contributed by atoms with Gasteiger partial charge < -0.3 is 16.2 Å². The highest BCUT2D eigenvalue weighted by Gasteiger charge is 2.36. The molecule has 0 aliphatic rings. The van der Waals surface area contributed by atoms with E-state index in [1.165, 1.54) is 12.1 Å². The molecular weight excluding hydrogens is 384 g/mol. The first-order valence-corrected chi connectivity index (χ1v) is 7.81. The second kappa shape index (κ2) is 8.17. The minimum atomic E-state index is -5.12. The molecule has 0 bridgehead atoms. The quantitative estimate of drug-likeness (QED) is 0.392. The Morgan fingerprint density at radius 3 is 2.29 bits per heavy atom. The van der Waals surface area contributed by atoms with Crippen LogP contribution in [0.2, 0.25) is 0 Å². The third-order valence-electron chi connectivity index (χ3n) is 3.73. The summed E-state index contributed by atoms with van der Waals surface area (Å²) in [6.07, 6.45) is -5.12. The molecule has 0 heterocycles. The molecule has 0 spiro atoms. The van der Waals surface area contributed by atoms with Gasteiger partial charge >= 0.3 is 6.18 Å². The van der Waals surface area contributed by atoms with Crippen LogP contribution in [0.4, 0.5) is 17.6 Å². The third-order valence-corrected chi connectivity index (χ3v) is 3.73. The zero-order chi connectivity index (χ0) is 21.1. The summed E-state index contributed by atoms with van der Waals surface area (Å²) in [7, 11) is 0. The molecule has 4 N–H and O–H groups in total. The van der Waals surface area contributed by atoms with Crippen molar-refractivity contribution < 1.29 is 37.1 Å². The number of hydrogen-bond acceptors (Lipinski definition) is 4. The SMILES string of the molecule is NC(=O)c1cc(-c2ccccc2C(=O)C(=O)NCCO)c(F)c(C(F)(F)F)c1. The topological polar surface area (TPSA) is 109 Å². The normalized spacial score (nSPS) is 11.2. The van der Waals surface area contributed by atoms with Crippen molar-refractivity contribution in [2.24, 2.45) is 5.73 Å². The van der Waals surface area contributed by atoms with E-state index in [0.29, 0.717) is 0 Å². The second-order valence-corrected chi connectivity index (χ2v) is 5.60. The standard InChI is InChI=1S/C18H14F4N2O4/c19-14-12(7-9(16(23)27)8-13(14)18(20,21)22)10-3-1-2-4-11(10)15(26)17(28)24-5-6-25/h1-4,7-8,25H,5-6H2,(H2,23,27)(H,24,28). The van der Waals surface area contributed by atoms with Crippen molar-refractivity contribution in [2.75, 3.05) is 13.2 Å². The molecule has 0 unspecified atom stereocenters. The number of aliphatic hydroxyl groups is 1. The van der Waals surface area contributed by atoms with Gasteiger partial charge in [0.15, 0.2) is 0 Å². The molecule has 10 heteroatoms. The van der Waals surface area contributed by atoms with Crippen LogP contribution in [-0.2, 0) is 11.0 Å². The second-order valence-electron chi connectivity index (χ2n) is 5.60. The molecule has 0 aromatic heterocycles. The Kier molecular flexibility index (Phi) is 6.14. The van der Waals surface area contributed by atoms with E-state index in [1.54, 1.807) is 0 Å². The Morgan fingerprint density at radius 1 is 1.07 bits per heavy atom. The van der Waals surface area contributed by atoms with Crippen LogP contribution >= 0.6 is 0 Å². The van der Waals surface area contributed by atoms with E-state index < -0.39 is 52.9 Å². The van der Waals surface area contributed by atoms with Gasteiger partial charge in [-0.3, -0.25) is 14.4 Å². The molecule has 2 amide bonds. The molecule has 2 aromatic rings. The number of carbonyl (C=O) groups excluding carboxylic acids is 3. The summed E-state index contributed by atoms with van der Waals surface area (Å²) in [5.74, 6) is -5.23. The largest absolute Gasteiger partial charge is 0.419 e. The van der Waals surface area contributed by atoms with Gasteiger partial charge in [-0.1, -0.05) is 24.3 Å². The molecule has 0 atom stereocenters. The fourth-order valence-electron chi connectivity index (χ4n) is 2.46. The van der Waals surface area contributed by atoms with Gasteiger partial charge in [0, 0.05) is 23.2 Å². The Bertz CT molecular complexity index is 942. The number of carbonyl (C=O) groups is 3. The van der Waals surface area contributed by atoms with E-state index in [2.05, 4.69) is 5.32 Å². The van der Waals surface area contributed by atoms with Crippen LogP contribution < -0.4 is 11.1 Å². The lowest BCUT2D eigenvalue weighted by Crippen LogP contribution is -2.33. The van der Waals surface area contributed by atoms with Crippen LogP contribution in [0.3, 0.4) is 0 Å². The maximum absolute atomic E-state index is 14.6. The highest BCUT2D eigenvalue weighted by Crippen LogP contribution is 2.37. The van der Waals surface area contributed by atoms with Crippen LogP contribution in [0, 0.1) is 5.82 Å². The lowest BCUT2D eigenvalue weighted by Gasteiger charge is -2.15. The van der Waals surface area contributed by atoms with Crippen molar-refractivity contribution in [3.05, 3.63) is 58.9 Å². The monoisotopic (exact) mass is 398 g/mol. The number of primary amides is 1. The van der Waals surface area contributed by atoms with Gasteiger partial charge in [0.1, 0.15) is 5.82 Å². The average Bonchev–Trinajstić information content (AvgIpc) is 2.64. The van der Waals surface area contributed by atoms with Crippen molar-refractivity contribution in [2.45, 2.75) is 6.18 Å². The van der Waals surface area contributed by atoms with Crippen LogP contribution in [0.1, 0.15) is 26.3 Å². The van der Waals surface area contributed by atoms with Crippen molar-refractivity contribution in [3.63, 3.8) is 0 Å². The number of amides is 2. The Labute approximate surface area is 156 Å². The summed E-state index contributed by atoms with van der Waals surface area (Å²) < 4.78 is 54.1. The molecule has 6 nitrogen and oxygen atoms in total. The van der Waals surface area contributed by atoms with E-state index >= 15 is 0 Å². The molecular formula is C18H14F4N2O4. The summed E-state index contributed by atoms with van der Waals surface area (Å²) in [5, 5.41) is 10.8. The average molecular weight is 398 g/mol. The number of aliphatic hydroxyl groups excluding tert-OH is 1. The summed E-state index contributed by atoms with van der Waals surface area (Å²) in [4.78, 5) is 35.6. The van der Waals surface area contributed by atoms with Crippen LogP contribution in [0.5, 0.6) is 0 Å². The molecule has 0 radical (unpaired) electrons. The first-order chi connectivity index (χ1) is 13.1. The van der Waals surface area contributed by atoms with Gasteiger partial charge in [-0.05, 0) is 17.7 Å². The maximum Gasteiger partial charge on any atom is 0.419 e. The van der Waals surface area contributed by atoms with Crippen molar-refractivity contribution in [1.29, 1.82) is 0 Å². The highest BCUT2D eigenvalue weighted by atomic mass is 19.4. The van der Waals surface area contributed by atoms with E-state index in [4.69, 9.17) is 10.8 Å². The Hall–Kier alpha value is -3.27. The zero-order valence-corrected chi connectivity index (χ0v) is 14.1. The fourth-order valence-corrected chi connectivity index (χ4v) is 2.46. The predicted molar refractivity (Wildman–Crippen MR) is 89.8 cm³/mol. The van der Waals surface area contributed by atoms with Gasteiger partial charge in [0.2, 0.25) is 5.91 Å². The van der Waals surface area contributed by atoms with Gasteiger partial charge in [0.25, 0.3) is 11.7 Å². The summed E-state index contributed by atoms with van der Waals surface area (Å²) >= 11 is 0. The number of halogens is 4. The van der Waals surface area contributed by atoms with Crippen molar-refractivity contribution in [3.8, 4) is 11.1 Å². The smallest absolute Gasteiger partial charge is 0.395 e. The highest BCUT2D eigenvalue weighted by molar-refractivity contribution is 6.44. The molecule has 0 aliphatic heterocycles. The van der Waals surface area contributed by atoms with Crippen molar-refractivity contribution in [1.82, 2.24) is 5.32 Å². The van der Waals surface area contributed by atoms with E-state index in [9.17, 15) is 31.9 Å². The van der Waals surface area contributed by atoms with Crippen LogP contribution in [-0.4, -0.2) is 35.9 Å². The molecule has 0 saturated heterocycles. The van der Waals surface area contributed by atoms with Gasteiger partial charge in [-0.25, -0.2) is 4.39 Å². The minimum absolute atomic E-state index is 0.226. The summed E-state index contributed by atoms with van der Waals surface area (Å²) in [6.45, 7) is -0.665. The number of nitrogens with one attached hydrogen (secondary N) is 1. The number of benzene rings is 2. The number of ketones is 1. The Balaban J connectivity index is 2.69. The number of alkyl halides is 3. The number of rotatable bonds is 6. The van der Waals surface area contributed by atoms with E-state index in [0.717, 1.165) is 18.2 Å². The third kappa shape index (κ3) is 4.34. The van der Waals surface area contributed by atoms with E-state index in [-0.39, 0.29) is 23.7 Å². The first kappa shape index (κ1) is 21.0. The zero-order valence-electron chi connectivity index (χ0n) is 14.1. The number of hydrogen-bond donors (Lipinski definition) is 3. The molecule has 0 fully saturated rings. The molecule has 2 rings (SSSR count). The number of Topliss-reactive ketones (excluding diaryl/α,β-unsaturated/α-hetero) is 1. The molecule has 2 aromatic carbocycles. The lowest BCUT2D eigenvalue weighted by molar-refractivity contribution is -0.139. The van der Waals surface area contributed by atoms with Gasteiger partial charge in [0.05, 0.1) is 12.2 Å². The molecule has 0 aliphatic carbocycles. The van der Waals surface area contributed by atoms with Gasteiger partial charge in [-0.15, -0.1) is 0 Å². The minimum Gasteiger partial charge on any atom is -0.395 e. The molecule has 0 saturated carbocycles. The van der Waals surface area contributed by atoms with Crippen molar-refractivity contribution >= 4 is 17.6 Å². The lowest BCUT2D eigenvalue weighted by atomic mass is 9.93. The Morgan fingerprint density at radius 2 is 1.71 bits per heavy atom. The fraction of sp³-hybridized carbons (Fsp3) is 0.167. The van der Waals surface area contributed by atoms with Crippen LogP contribution in [0.25, 0.3) is 11.1 Å². The maximum atomic E-state index is 14.6. The summed E-state index contributed by atoms with van der Waals surface area (Å²) in [6, 6.07) is 5.97. The number of nitrogens with two attached hydrogens (primary N) is 1. The predicted octanol–water partition coefficient (Wildman–Crippen LogP) is 1.90. The first-order valence-electron chi connectivity index (χ1n) is 7.81. The molecule has 28 heavy (non-hydrogen) atoms. The molecule has 148 valence electrons. The van der Waals surface area contributed by atoms with E-state index in [1.807, 2.05) is 0 Å². The van der Waals surface area contributed by atoms with Gasteiger partial charge in [-0.2, -0.15) is 13.2 Å².